The number of ether oxygens (including phenoxy) is 2. The number of nitrogens with one attached hydrogen (secondary N) is 1. The smallest absolute Gasteiger partial charge is 0.313 e. The zero-order valence-electron chi connectivity index (χ0n) is 20.3. The molecule has 0 spiro atoms. The summed E-state index contributed by atoms with van der Waals surface area (Å²) in [7, 11) is 0. The van der Waals surface area contributed by atoms with Gasteiger partial charge in [0.2, 0.25) is 5.91 Å². The number of hydrogen-bond acceptors (Lipinski definition) is 7. The van der Waals surface area contributed by atoms with Gasteiger partial charge in [-0.1, -0.05) is 32.4 Å². The standard InChI is InChI=1S/C23H35ClN2O6/c1-21(2,3)20(30)26-14-10-11-25-18(24)16(14)17(28)13(19(29)32-23(7,8)9)12-15(27)31-22(4,5)6/h10-11,13,17,28H,12H2,1-9H3,(H,25,26,30). The zero-order chi connectivity index (χ0) is 25.1. The third-order valence-electron chi connectivity index (χ3n) is 4.06. The molecule has 0 aliphatic carbocycles. The summed E-state index contributed by atoms with van der Waals surface area (Å²) in [5, 5.41) is 13.8. The van der Waals surface area contributed by atoms with Crippen molar-refractivity contribution in [1.29, 1.82) is 0 Å². The van der Waals surface area contributed by atoms with Crippen molar-refractivity contribution < 1.29 is 29.0 Å². The molecule has 8 nitrogen and oxygen atoms in total. The SMILES string of the molecule is CC(C)(C)OC(=O)CC(C(=O)OC(C)(C)C)C(O)c1c(NC(=O)C(C)(C)C)ccnc1Cl. The predicted octanol–water partition coefficient (Wildman–Crippen LogP) is 4.44. The van der Waals surface area contributed by atoms with Crippen molar-refractivity contribution in [3.8, 4) is 0 Å². The van der Waals surface area contributed by atoms with E-state index < -0.39 is 47.0 Å². The molecule has 0 saturated heterocycles. The van der Waals surface area contributed by atoms with Crippen LogP contribution in [0.4, 0.5) is 5.69 Å². The van der Waals surface area contributed by atoms with Crippen LogP contribution in [0.2, 0.25) is 5.15 Å². The minimum atomic E-state index is -1.59. The lowest BCUT2D eigenvalue weighted by Crippen LogP contribution is -2.35. The Morgan fingerprint density at radius 2 is 1.56 bits per heavy atom. The van der Waals surface area contributed by atoms with E-state index in [-0.39, 0.29) is 22.3 Å². The molecular weight excluding hydrogens is 436 g/mol. The Bertz CT molecular complexity index is 850. The van der Waals surface area contributed by atoms with Gasteiger partial charge in [0, 0.05) is 17.2 Å². The van der Waals surface area contributed by atoms with Crippen LogP contribution in [0.1, 0.15) is 80.4 Å². The van der Waals surface area contributed by atoms with E-state index in [4.69, 9.17) is 21.1 Å². The first-order chi connectivity index (χ1) is 14.3. The van der Waals surface area contributed by atoms with Gasteiger partial charge >= 0.3 is 11.9 Å². The summed E-state index contributed by atoms with van der Waals surface area (Å²) in [4.78, 5) is 41.9. The van der Waals surface area contributed by atoms with E-state index in [1.165, 1.54) is 12.3 Å². The van der Waals surface area contributed by atoms with E-state index in [0.29, 0.717) is 0 Å². The summed E-state index contributed by atoms with van der Waals surface area (Å²) in [5.74, 6) is -3.15. The van der Waals surface area contributed by atoms with Crippen LogP contribution in [0.5, 0.6) is 0 Å². The number of aliphatic hydroxyl groups excluding tert-OH is 1. The van der Waals surface area contributed by atoms with Crippen LogP contribution in [0.25, 0.3) is 0 Å². The quantitative estimate of drug-likeness (QED) is 0.466. The van der Waals surface area contributed by atoms with Gasteiger partial charge in [-0.25, -0.2) is 4.98 Å². The van der Waals surface area contributed by atoms with Crippen molar-refractivity contribution in [2.75, 3.05) is 5.32 Å². The third kappa shape index (κ3) is 8.74. The summed E-state index contributed by atoms with van der Waals surface area (Å²) >= 11 is 6.26. The van der Waals surface area contributed by atoms with Crippen molar-refractivity contribution >= 4 is 35.1 Å². The Balaban J connectivity index is 3.40. The van der Waals surface area contributed by atoms with Crippen LogP contribution < -0.4 is 5.32 Å². The summed E-state index contributed by atoms with van der Waals surface area (Å²) in [6.07, 6.45) is -0.674. The summed E-state index contributed by atoms with van der Waals surface area (Å²) < 4.78 is 10.8. The highest BCUT2D eigenvalue weighted by molar-refractivity contribution is 6.30. The lowest BCUT2D eigenvalue weighted by atomic mass is 9.91. The predicted molar refractivity (Wildman–Crippen MR) is 122 cm³/mol. The molecular formula is C23H35ClN2O6. The number of amides is 1. The van der Waals surface area contributed by atoms with Crippen LogP contribution in [0.15, 0.2) is 12.3 Å². The number of halogens is 1. The molecule has 0 aliphatic heterocycles. The molecule has 0 fully saturated rings. The molecule has 0 bridgehead atoms. The summed E-state index contributed by atoms with van der Waals surface area (Å²) in [6.45, 7) is 15.3. The first-order valence-corrected chi connectivity index (χ1v) is 10.8. The number of pyridine rings is 1. The molecule has 1 rings (SSSR count). The highest BCUT2D eigenvalue weighted by Crippen LogP contribution is 2.37. The molecule has 1 aromatic heterocycles. The molecule has 2 unspecified atom stereocenters. The Morgan fingerprint density at radius 1 is 1.03 bits per heavy atom. The van der Waals surface area contributed by atoms with Gasteiger partial charge in [-0.2, -0.15) is 0 Å². The monoisotopic (exact) mass is 470 g/mol. The molecule has 9 heteroatoms. The van der Waals surface area contributed by atoms with E-state index in [0.717, 1.165) is 0 Å². The van der Waals surface area contributed by atoms with E-state index in [2.05, 4.69) is 10.3 Å². The molecule has 0 saturated carbocycles. The van der Waals surface area contributed by atoms with E-state index in [1.807, 2.05) is 0 Å². The van der Waals surface area contributed by atoms with Gasteiger partial charge in [0.1, 0.15) is 16.4 Å². The van der Waals surface area contributed by atoms with Gasteiger partial charge in [-0.3, -0.25) is 14.4 Å². The Labute approximate surface area is 195 Å². The lowest BCUT2D eigenvalue weighted by molar-refractivity contribution is -0.171. The molecule has 0 aliphatic rings. The second-order valence-electron chi connectivity index (χ2n) is 10.6. The Kier molecular flexibility index (Phi) is 8.85. The molecule has 0 radical (unpaired) electrons. The van der Waals surface area contributed by atoms with Crippen LogP contribution in [-0.2, 0) is 23.9 Å². The van der Waals surface area contributed by atoms with Gasteiger partial charge in [-0.05, 0) is 47.6 Å². The number of carbonyl (C=O) groups excluding carboxylic acids is 3. The topological polar surface area (TPSA) is 115 Å². The largest absolute Gasteiger partial charge is 0.460 e. The number of aromatic nitrogens is 1. The lowest BCUT2D eigenvalue weighted by Gasteiger charge is -2.29. The first-order valence-electron chi connectivity index (χ1n) is 10.4. The molecule has 2 atom stereocenters. The maximum absolute atomic E-state index is 12.9. The molecule has 1 aromatic rings. The summed E-state index contributed by atoms with van der Waals surface area (Å²) in [5.41, 5.74) is -2.15. The van der Waals surface area contributed by atoms with Crippen molar-refractivity contribution in [3.05, 3.63) is 23.0 Å². The highest BCUT2D eigenvalue weighted by atomic mass is 35.5. The van der Waals surface area contributed by atoms with E-state index >= 15 is 0 Å². The molecule has 32 heavy (non-hydrogen) atoms. The fourth-order valence-electron chi connectivity index (χ4n) is 2.61. The second-order valence-corrected chi connectivity index (χ2v) is 11.0. The van der Waals surface area contributed by atoms with E-state index in [9.17, 15) is 19.5 Å². The molecule has 0 aromatic carbocycles. The van der Waals surface area contributed by atoms with Gasteiger partial charge in [0.15, 0.2) is 0 Å². The van der Waals surface area contributed by atoms with Gasteiger partial charge in [0.25, 0.3) is 0 Å². The molecule has 1 heterocycles. The van der Waals surface area contributed by atoms with Crippen LogP contribution in [0, 0.1) is 11.3 Å². The van der Waals surface area contributed by atoms with Crippen molar-refractivity contribution in [2.24, 2.45) is 11.3 Å². The van der Waals surface area contributed by atoms with Crippen LogP contribution >= 0.6 is 11.6 Å². The Morgan fingerprint density at radius 3 is 2.03 bits per heavy atom. The van der Waals surface area contributed by atoms with Crippen molar-refractivity contribution in [2.45, 2.75) is 86.0 Å². The fraction of sp³-hybridized carbons (Fsp3) is 0.652. The van der Waals surface area contributed by atoms with Gasteiger partial charge in [0.05, 0.1) is 24.1 Å². The van der Waals surface area contributed by atoms with Crippen molar-refractivity contribution in [3.63, 3.8) is 0 Å². The average molecular weight is 471 g/mol. The maximum Gasteiger partial charge on any atom is 0.313 e. The van der Waals surface area contributed by atoms with E-state index in [1.54, 1.807) is 62.3 Å². The number of rotatable bonds is 6. The first kappa shape index (κ1) is 27.8. The fourth-order valence-corrected chi connectivity index (χ4v) is 2.88. The van der Waals surface area contributed by atoms with Gasteiger partial charge in [-0.15, -0.1) is 0 Å². The Hall–Kier alpha value is -2.19. The molecule has 1 amide bonds. The number of carbonyl (C=O) groups is 3. The number of anilines is 1. The maximum atomic E-state index is 12.9. The summed E-state index contributed by atoms with van der Waals surface area (Å²) in [6, 6.07) is 1.47. The number of esters is 2. The van der Waals surface area contributed by atoms with Crippen molar-refractivity contribution in [1.82, 2.24) is 4.98 Å². The third-order valence-corrected chi connectivity index (χ3v) is 4.37. The molecule has 180 valence electrons. The number of hydrogen-bond donors (Lipinski definition) is 2. The second kappa shape index (κ2) is 10.2. The normalized spacial score (nSPS) is 14.3. The van der Waals surface area contributed by atoms with Crippen LogP contribution in [-0.4, -0.2) is 39.1 Å². The average Bonchev–Trinajstić information content (AvgIpc) is 2.55. The van der Waals surface area contributed by atoms with Crippen LogP contribution in [0.3, 0.4) is 0 Å². The highest BCUT2D eigenvalue weighted by Gasteiger charge is 2.38. The number of aliphatic hydroxyl groups is 1. The minimum absolute atomic E-state index is 0.0196. The minimum Gasteiger partial charge on any atom is -0.460 e. The zero-order valence-corrected chi connectivity index (χ0v) is 21.1. The van der Waals surface area contributed by atoms with Gasteiger partial charge < -0.3 is 19.9 Å². The number of nitrogens with zero attached hydrogens (tertiary/aromatic N) is 1. The molecule has 2 N–H and O–H groups in total.